The molecule has 0 bridgehead atoms. The maximum Gasteiger partial charge on any atom is 0.356 e. The molecule has 0 N–H and O–H groups in total. The Morgan fingerprint density at radius 2 is 1.97 bits per heavy atom. The van der Waals surface area contributed by atoms with Crippen molar-refractivity contribution < 1.29 is 18.9 Å². The lowest BCUT2D eigenvalue weighted by Crippen LogP contribution is -2.27. The molecule has 0 aliphatic heterocycles. The Morgan fingerprint density at radius 3 is 2.57 bits per heavy atom. The number of halogens is 1. The van der Waals surface area contributed by atoms with Crippen molar-refractivity contribution in [3.05, 3.63) is 58.6 Å². The van der Waals surface area contributed by atoms with Gasteiger partial charge in [0.05, 0.1) is 23.7 Å². The molecular weight excluding hydrogens is 424 g/mol. The summed E-state index contributed by atoms with van der Waals surface area (Å²) in [6.45, 7) is 3.89. The van der Waals surface area contributed by atoms with Crippen LogP contribution in [-0.2, 0) is 32.5 Å². The first kappa shape index (κ1) is 22.2. The number of hydrogen-bond donors (Lipinski definition) is 0. The number of nitrogens with zero attached hydrogens (tertiary/aromatic N) is 2. The van der Waals surface area contributed by atoms with E-state index in [0.717, 1.165) is 34.3 Å². The molecule has 30 heavy (non-hydrogen) atoms. The van der Waals surface area contributed by atoms with Crippen molar-refractivity contribution in [3.8, 4) is 0 Å². The molecule has 3 aromatic rings. The molecule has 0 radical (unpaired) electrons. The van der Waals surface area contributed by atoms with Gasteiger partial charge in [0.25, 0.3) is 0 Å². The first-order valence-electron chi connectivity index (χ1n) is 9.31. The summed E-state index contributed by atoms with van der Waals surface area (Å²) in [6, 6.07) is 12.6. The number of esters is 1. The number of amides is 1. The molecule has 0 aliphatic carbocycles. The van der Waals surface area contributed by atoms with Gasteiger partial charge in [-0.1, -0.05) is 23.7 Å². The second-order valence-corrected chi connectivity index (χ2v) is 8.92. The van der Waals surface area contributed by atoms with Gasteiger partial charge < -0.3 is 13.9 Å². The fraction of sp³-hybridized carbons (Fsp3) is 0.273. The van der Waals surface area contributed by atoms with Gasteiger partial charge in [-0.2, -0.15) is 0 Å². The Balaban J connectivity index is 1.90. The Morgan fingerprint density at radius 1 is 1.30 bits per heavy atom. The van der Waals surface area contributed by atoms with Gasteiger partial charge in [-0.05, 0) is 66.5 Å². The minimum absolute atomic E-state index is 0.192. The third kappa shape index (κ3) is 4.33. The van der Waals surface area contributed by atoms with E-state index in [2.05, 4.69) is 4.74 Å². The summed E-state index contributed by atoms with van der Waals surface area (Å²) in [5.41, 5.74) is 2.86. The molecule has 2 atom stereocenters. The van der Waals surface area contributed by atoms with Crippen LogP contribution in [-0.4, -0.2) is 34.4 Å². The van der Waals surface area contributed by atoms with Gasteiger partial charge in [0, 0.05) is 12.4 Å². The van der Waals surface area contributed by atoms with E-state index in [0.29, 0.717) is 9.92 Å². The highest BCUT2D eigenvalue weighted by molar-refractivity contribution is 7.92. The predicted octanol–water partition coefficient (Wildman–Crippen LogP) is 4.14. The van der Waals surface area contributed by atoms with Crippen molar-refractivity contribution >= 4 is 51.9 Å². The van der Waals surface area contributed by atoms with Crippen molar-refractivity contribution in [2.75, 3.05) is 17.8 Å². The van der Waals surface area contributed by atoms with Gasteiger partial charge in [0.1, 0.15) is 5.82 Å². The second-order valence-electron chi connectivity index (χ2n) is 7.06. The number of rotatable bonds is 7. The van der Waals surface area contributed by atoms with Gasteiger partial charge in [0.15, 0.2) is 4.90 Å². The lowest BCUT2D eigenvalue weighted by molar-refractivity contribution is -0.137. The highest BCUT2D eigenvalue weighted by Gasteiger charge is 2.22. The van der Waals surface area contributed by atoms with E-state index in [1.807, 2.05) is 55.8 Å². The highest BCUT2D eigenvalue weighted by atomic mass is 35.5. The number of methoxy groups -OCH3 is 1. The van der Waals surface area contributed by atoms with Crippen LogP contribution in [0.2, 0.25) is 5.02 Å². The molecule has 6 nitrogen and oxygen atoms in total. The minimum atomic E-state index is -1.48. The third-order valence-corrected chi connectivity index (χ3v) is 6.74. The molecule has 158 valence electrons. The van der Waals surface area contributed by atoms with Crippen LogP contribution < -0.4 is 4.90 Å². The number of aromatic nitrogens is 1. The number of carbonyl (C=O) groups is 2. The summed E-state index contributed by atoms with van der Waals surface area (Å²) in [6.07, 6.45) is 0.795. The fourth-order valence-corrected chi connectivity index (χ4v) is 4.67. The van der Waals surface area contributed by atoms with Crippen molar-refractivity contribution in [1.82, 2.24) is 4.57 Å². The summed E-state index contributed by atoms with van der Waals surface area (Å²) in [5.74, 6) is 0.00282. The number of aryl methyl sites for hydroxylation is 2. The first-order chi connectivity index (χ1) is 14.3. The zero-order valence-electron chi connectivity index (χ0n) is 17.2. The molecule has 1 aromatic heterocycles. The third-order valence-electron chi connectivity index (χ3n) is 5.13. The molecule has 0 aliphatic rings. The van der Waals surface area contributed by atoms with Crippen LogP contribution in [0.15, 0.2) is 47.4 Å². The fourth-order valence-electron chi connectivity index (χ4n) is 3.40. The summed E-state index contributed by atoms with van der Waals surface area (Å²) >= 11 is 4.92. The van der Waals surface area contributed by atoms with E-state index < -0.39 is 17.1 Å². The number of anilines is 1. The standard InChI is InChI=1S/C22H23ClN2O4S/c1-14-9-19(23)18-11-21(24(3)20(18)10-14)25(13-26)15(2)16-5-7-17(8-6-16)30(28)12-22(27)29-4/h5-11,13,15H,12H2,1-4H3/t15-,30?/m1/s1. The summed E-state index contributed by atoms with van der Waals surface area (Å²) < 4.78 is 18.7. The lowest BCUT2D eigenvalue weighted by Gasteiger charge is -2.26. The van der Waals surface area contributed by atoms with Gasteiger partial charge >= 0.3 is 5.97 Å². The number of fused-ring (bicyclic) bond motifs is 1. The lowest BCUT2D eigenvalue weighted by atomic mass is 10.1. The van der Waals surface area contributed by atoms with E-state index in [-0.39, 0.29) is 11.8 Å². The summed E-state index contributed by atoms with van der Waals surface area (Å²) in [7, 11) is 3.16. The average molecular weight is 447 g/mol. The number of benzene rings is 2. The SMILES string of the molecule is COC(=O)C[S+]([O-])c1ccc([C@@H](C)N(C=O)c2cc3c(Cl)cc(C)cc3n2C)cc1. The largest absolute Gasteiger partial charge is 0.611 e. The van der Waals surface area contributed by atoms with Gasteiger partial charge in [-0.25, -0.2) is 4.79 Å². The molecule has 3 rings (SSSR count). The predicted molar refractivity (Wildman–Crippen MR) is 119 cm³/mol. The Bertz CT molecular complexity index is 1080. The maximum absolute atomic E-state index is 12.2. The molecule has 0 spiro atoms. The Hall–Kier alpha value is -2.48. The number of hydrogen-bond acceptors (Lipinski definition) is 4. The number of ether oxygens (including phenoxy) is 1. The second kappa shape index (κ2) is 9.12. The highest BCUT2D eigenvalue weighted by Crippen LogP contribution is 2.34. The smallest absolute Gasteiger partial charge is 0.356 e. The van der Waals surface area contributed by atoms with Crippen LogP contribution in [0.1, 0.15) is 24.1 Å². The van der Waals surface area contributed by atoms with Gasteiger partial charge in [0.2, 0.25) is 12.2 Å². The van der Waals surface area contributed by atoms with Gasteiger partial charge in [-0.3, -0.25) is 9.69 Å². The van der Waals surface area contributed by atoms with E-state index in [1.54, 1.807) is 17.0 Å². The summed E-state index contributed by atoms with van der Waals surface area (Å²) in [5, 5.41) is 1.52. The van der Waals surface area contributed by atoms with E-state index in [1.165, 1.54) is 7.11 Å². The number of carbonyl (C=O) groups excluding carboxylic acids is 2. The molecular formula is C22H23ClN2O4S. The molecule has 1 heterocycles. The zero-order valence-corrected chi connectivity index (χ0v) is 18.8. The quantitative estimate of drug-likeness (QED) is 0.310. The van der Waals surface area contributed by atoms with Crippen LogP contribution in [0.25, 0.3) is 10.9 Å². The minimum Gasteiger partial charge on any atom is -0.611 e. The maximum atomic E-state index is 12.2. The molecule has 0 saturated heterocycles. The molecule has 0 fully saturated rings. The van der Waals surface area contributed by atoms with Crippen molar-refractivity contribution in [2.45, 2.75) is 24.8 Å². The molecule has 0 saturated carbocycles. The first-order valence-corrected chi connectivity index (χ1v) is 11.0. The Labute approximate surface area is 183 Å². The normalized spacial score (nSPS) is 13.1. The Kier molecular flexibility index (Phi) is 6.75. The van der Waals surface area contributed by atoms with E-state index >= 15 is 0 Å². The van der Waals surface area contributed by atoms with Crippen LogP contribution >= 0.6 is 11.6 Å². The molecule has 1 amide bonds. The average Bonchev–Trinajstić information content (AvgIpc) is 3.05. The van der Waals surface area contributed by atoms with Gasteiger partial charge in [-0.15, -0.1) is 0 Å². The van der Waals surface area contributed by atoms with Crippen molar-refractivity contribution in [3.63, 3.8) is 0 Å². The summed E-state index contributed by atoms with van der Waals surface area (Å²) in [4.78, 5) is 25.5. The molecule has 8 heteroatoms. The van der Waals surface area contributed by atoms with Crippen LogP contribution in [0.5, 0.6) is 0 Å². The van der Waals surface area contributed by atoms with Crippen LogP contribution in [0, 0.1) is 6.92 Å². The van der Waals surface area contributed by atoms with Crippen LogP contribution in [0.4, 0.5) is 5.82 Å². The molecule has 1 unspecified atom stereocenters. The van der Waals surface area contributed by atoms with Crippen molar-refractivity contribution in [1.29, 1.82) is 0 Å². The van der Waals surface area contributed by atoms with Crippen molar-refractivity contribution in [2.24, 2.45) is 7.05 Å². The van der Waals surface area contributed by atoms with E-state index in [9.17, 15) is 14.1 Å². The van der Waals surface area contributed by atoms with E-state index in [4.69, 9.17) is 11.6 Å². The van der Waals surface area contributed by atoms with Crippen LogP contribution in [0.3, 0.4) is 0 Å². The zero-order chi connectivity index (χ0) is 22.0. The monoisotopic (exact) mass is 446 g/mol. The topological polar surface area (TPSA) is 74.6 Å². The molecule has 2 aromatic carbocycles.